The standard InChI is InChI=1S/C21H23FN10O/c1-12-25-20-14-11-24-31(19(14)27-21(23)32(20)28-12)8-5-29-3-6-30(7-4-29)17-10-16-18(9-15(17)22)33-13(2)26-16/h9-11H,3-8H2,1-2H3,(H2,23,27). The second-order valence-corrected chi connectivity index (χ2v) is 8.30. The van der Waals surface area contributed by atoms with Crippen LogP contribution in [0, 0.1) is 19.7 Å². The van der Waals surface area contributed by atoms with Crippen LogP contribution in [0.5, 0.6) is 0 Å². The molecule has 1 aliphatic rings. The van der Waals surface area contributed by atoms with Crippen molar-refractivity contribution in [3.63, 3.8) is 0 Å². The number of aromatic nitrogens is 7. The van der Waals surface area contributed by atoms with Crippen LogP contribution in [0.2, 0.25) is 0 Å². The van der Waals surface area contributed by atoms with Gasteiger partial charge in [-0.15, -0.1) is 5.10 Å². The second-order valence-electron chi connectivity index (χ2n) is 8.30. The van der Waals surface area contributed by atoms with Gasteiger partial charge in [0.25, 0.3) is 0 Å². The summed E-state index contributed by atoms with van der Waals surface area (Å²) >= 11 is 0. The van der Waals surface area contributed by atoms with E-state index in [2.05, 4.69) is 34.9 Å². The molecule has 1 aliphatic heterocycles. The summed E-state index contributed by atoms with van der Waals surface area (Å²) in [5.74, 6) is 1.17. The molecule has 2 N–H and O–H groups in total. The zero-order valence-corrected chi connectivity index (χ0v) is 18.4. The Morgan fingerprint density at radius 3 is 2.67 bits per heavy atom. The summed E-state index contributed by atoms with van der Waals surface area (Å²) < 4.78 is 23.5. The number of fused-ring (bicyclic) bond motifs is 4. The molecule has 0 bridgehead atoms. The van der Waals surface area contributed by atoms with Gasteiger partial charge in [0.15, 0.2) is 22.8 Å². The molecule has 0 saturated carbocycles. The molecular weight excluding hydrogens is 427 g/mol. The minimum absolute atomic E-state index is 0.284. The molecule has 1 saturated heterocycles. The van der Waals surface area contributed by atoms with E-state index < -0.39 is 0 Å². The minimum Gasteiger partial charge on any atom is -0.441 e. The first kappa shape index (κ1) is 19.9. The van der Waals surface area contributed by atoms with Crippen LogP contribution in [0.4, 0.5) is 16.0 Å². The number of nitrogens with zero attached hydrogens (tertiary/aromatic N) is 9. The Kier molecular flexibility index (Phi) is 4.43. The molecule has 4 aromatic heterocycles. The van der Waals surface area contributed by atoms with Gasteiger partial charge in [-0.05, 0) is 13.0 Å². The summed E-state index contributed by atoms with van der Waals surface area (Å²) in [5, 5.41) is 9.60. The van der Waals surface area contributed by atoms with E-state index >= 15 is 0 Å². The van der Waals surface area contributed by atoms with Crippen molar-refractivity contribution >= 4 is 39.4 Å². The quantitative estimate of drug-likeness (QED) is 0.437. The maximum Gasteiger partial charge on any atom is 0.225 e. The van der Waals surface area contributed by atoms with Crippen LogP contribution in [0.1, 0.15) is 11.7 Å². The molecule has 0 spiro atoms. The SMILES string of the molecule is Cc1nc2c3cnn(CCN4CCN(c5cc6nc(C)oc6cc5F)CC4)c3nc(N)n2n1. The van der Waals surface area contributed by atoms with Crippen LogP contribution < -0.4 is 10.6 Å². The zero-order valence-electron chi connectivity index (χ0n) is 18.4. The lowest BCUT2D eigenvalue weighted by Gasteiger charge is -2.36. The summed E-state index contributed by atoms with van der Waals surface area (Å²) in [6.07, 6.45) is 1.76. The molecule has 0 radical (unpaired) electrons. The number of benzene rings is 1. The first-order chi connectivity index (χ1) is 16.0. The van der Waals surface area contributed by atoms with Gasteiger partial charge in [-0.1, -0.05) is 0 Å². The van der Waals surface area contributed by atoms with E-state index in [-0.39, 0.29) is 11.8 Å². The van der Waals surface area contributed by atoms with Gasteiger partial charge in [-0.2, -0.15) is 14.6 Å². The molecule has 1 aromatic carbocycles. The number of piperazine rings is 1. The van der Waals surface area contributed by atoms with Gasteiger partial charge in [-0.3, -0.25) is 4.90 Å². The molecule has 0 atom stereocenters. The molecular formula is C21H23FN10O. The van der Waals surface area contributed by atoms with E-state index in [1.165, 1.54) is 6.07 Å². The Morgan fingerprint density at radius 2 is 1.85 bits per heavy atom. The number of anilines is 2. The summed E-state index contributed by atoms with van der Waals surface area (Å²) in [7, 11) is 0. The van der Waals surface area contributed by atoms with Crippen molar-refractivity contribution in [1.29, 1.82) is 0 Å². The summed E-state index contributed by atoms with van der Waals surface area (Å²) in [6.45, 7) is 8.13. The highest BCUT2D eigenvalue weighted by molar-refractivity contribution is 5.89. The number of aryl methyl sites for hydroxylation is 2. The largest absolute Gasteiger partial charge is 0.441 e. The highest BCUT2D eigenvalue weighted by atomic mass is 19.1. The Balaban J connectivity index is 1.15. The van der Waals surface area contributed by atoms with Crippen molar-refractivity contribution in [1.82, 2.24) is 39.2 Å². The highest BCUT2D eigenvalue weighted by Crippen LogP contribution is 2.27. The van der Waals surface area contributed by atoms with E-state index in [0.717, 1.165) is 38.1 Å². The predicted molar refractivity (Wildman–Crippen MR) is 121 cm³/mol. The average Bonchev–Trinajstić information content (AvgIpc) is 3.48. The Morgan fingerprint density at radius 1 is 1.03 bits per heavy atom. The van der Waals surface area contributed by atoms with Crippen LogP contribution in [0.3, 0.4) is 0 Å². The number of halogens is 1. The predicted octanol–water partition coefficient (Wildman–Crippen LogP) is 1.78. The van der Waals surface area contributed by atoms with Crippen molar-refractivity contribution in [3.8, 4) is 0 Å². The lowest BCUT2D eigenvalue weighted by molar-refractivity contribution is 0.245. The first-order valence-corrected chi connectivity index (χ1v) is 10.8. The minimum atomic E-state index is -0.284. The molecule has 33 heavy (non-hydrogen) atoms. The first-order valence-electron chi connectivity index (χ1n) is 10.8. The van der Waals surface area contributed by atoms with E-state index in [9.17, 15) is 4.39 Å². The Labute approximate surface area is 187 Å². The van der Waals surface area contributed by atoms with Gasteiger partial charge in [0.1, 0.15) is 17.2 Å². The Hall–Kier alpha value is -3.80. The van der Waals surface area contributed by atoms with Crippen LogP contribution >= 0.6 is 0 Å². The summed E-state index contributed by atoms with van der Waals surface area (Å²) in [4.78, 5) is 17.7. The number of hydrogen-bond donors (Lipinski definition) is 1. The maximum absolute atomic E-state index is 14.7. The summed E-state index contributed by atoms with van der Waals surface area (Å²) in [5.41, 5.74) is 9.16. The fourth-order valence-electron chi connectivity index (χ4n) is 4.47. The summed E-state index contributed by atoms with van der Waals surface area (Å²) in [6, 6.07) is 3.20. The number of oxazole rings is 1. The smallest absolute Gasteiger partial charge is 0.225 e. The van der Waals surface area contributed by atoms with E-state index in [1.54, 1.807) is 23.7 Å². The lowest BCUT2D eigenvalue weighted by Crippen LogP contribution is -2.47. The molecule has 0 amide bonds. The fourth-order valence-corrected chi connectivity index (χ4v) is 4.47. The molecule has 0 aliphatic carbocycles. The van der Waals surface area contributed by atoms with Crippen molar-refractivity contribution in [3.05, 3.63) is 35.9 Å². The van der Waals surface area contributed by atoms with Gasteiger partial charge in [0.05, 0.1) is 23.8 Å². The highest BCUT2D eigenvalue weighted by Gasteiger charge is 2.22. The number of nitrogen functional groups attached to an aromatic ring is 1. The topological polar surface area (TPSA) is 119 Å². The fraction of sp³-hybridized carbons (Fsp3) is 0.381. The van der Waals surface area contributed by atoms with Gasteiger partial charge in [0, 0.05) is 45.7 Å². The van der Waals surface area contributed by atoms with E-state index in [1.807, 2.05) is 11.6 Å². The third-order valence-corrected chi connectivity index (χ3v) is 6.11. The zero-order chi connectivity index (χ0) is 22.7. The lowest BCUT2D eigenvalue weighted by atomic mass is 10.2. The van der Waals surface area contributed by atoms with Crippen molar-refractivity contribution < 1.29 is 8.81 Å². The van der Waals surface area contributed by atoms with Crippen molar-refractivity contribution in [2.24, 2.45) is 0 Å². The molecule has 170 valence electrons. The van der Waals surface area contributed by atoms with Gasteiger partial charge >= 0.3 is 0 Å². The van der Waals surface area contributed by atoms with Gasteiger partial charge in [0.2, 0.25) is 5.95 Å². The van der Waals surface area contributed by atoms with E-state index in [4.69, 9.17) is 10.2 Å². The van der Waals surface area contributed by atoms with Gasteiger partial charge < -0.3 is 15.1 Å². The van der Waals surface area contributed by atoms with Crippen molar-refractivity contribution in [2.75, 3.05) is 43.4 Å². The monoisotopic (exact) mass is 450 g/mol. The average molecular weight is 450 g/mol. The van der Waals surface area contributed by atoms with Crippen LogP contribution in [-0.4, -0.2) is 72.0 Å². The molecule has 0 unspecified atom stereocenters. The van der Waals surface area contributed by atoms with Crippen LogP contribution in [0.15, 0.2) is 22.7 Å². The van der Waals surface area contributed by atoms with Crippen molar-refractivity contribution in [2.45, 2.75) is 20.4 Å². The molecule has 5 heterocycles. The molecule has 12 heteroatoms. The van der Waals surface area contributed by atoms with Gasteiger partial charge in [-0.25, -0.2) is 19.0 Å². The number of hydrogen-bond acceptors (Lipinski definition) is 9. The third kappa shape index (κ3) is 3.33. The third-order valence-electron chi connectivity index (χ3n) is 6.11. The Bertz CT molecular complexity index is 1490. The van der Waals surface area contributed by atoms with E-state index in [0.29, 0.717) is 46.3 Å². The molecule has 1 fully saturated rings. The van der Waals surface area contributed by atoms with Crippen LogP contribution in [0.25, 0.3) is 27.8 Å². The molecule has 6 rings (SSSR count). The normalized spacial score (nSPS) is 15.4. The molecule has 11 nitrogen and oxygen atoms in total. The number of nitrogens with two attached hydrogens (primary N) is 1. The number of rotatable bonds is 4. The second kappa shape index (κ2) is 7.37. The maximum atomic E-state index is 14.7. The molecule has 5 aromatic rings. The van der Waals surface area contributed by atoms with Crippen LogP contribution in [-0.2, 0) is 6.54 Å².